The fraction of sp³-hybridized carbons (Fsp3) is 0.583. The van der Waals surface area contributed by atoms with E-state index in [1.54, 1.807) is 24.3 Å². The number of hydrogen-bond donors (Lipinski definition) is 1. The van der Waals surface area contributed by atoms with Crippen molar-refractivity contribution in [1.82, 2.24) is 4.90 Å². The van der Waals surface area contributed by atoms with Crippen molar-refractivity contribution < 1.29 is 19.4 Å². The fourth-order valence-corrected chi connectivity index (χ4v) is 4.41. The molecule has 1 aromatic carbocycles. The predicted octanol–water partition coefficient (Wildman–Crippen LogP) is 5.40. The minimum atomic E-state index is -0.545. The largest absolute Gasteiger partial charge is 0.502 e. The Hall–Kier alpha value is -2.30. The summed E-state index contributed by atoms with van der Waals surface area (Å²) < 4.78 is 5.44. The molecule has 0 unspecified atom stereocenters. The van der Waals surface area contributed by atoms with Gasteiger partial charge in [0.25, 0.3) is 11.8 Å². The molecule has 1 aliphatic carbocycles. The van der Waals surface area contributed by atoms with Gasteiger partial charge in [-0.05, 0) is 37.5 Å². The lowest BCUT2D eigenvalue weighted by Crippen LogP contribution is -2.41. The number of rotatable bonds is 4. The smallest absolute Gasteiger partial charge is 0.296 e. The Morgan fingerprint density at radius 2 is 1.38 bits per heavy atom. The molecule has 29 heavy (non-hydrogen) atoms. The fourth-order valence-electron chi connectivity index (χ4n) is 4.41. The standard InChI is InChI=1S/C24H33NO4/c1-2-29-20-16-14-18(15-17-20)21-22(26)24(28)25(23(21)27)19-12-10-8-6-4-3-5-7-9-11-13-19/h14-17,19,26H,2-13H2,1H3. The lowest BCUT2D eigenvalue weighted by Gasteiger charge is -2.27. The first-order valence-electron chi connectivity index (χ1n) is 11.2. The second kappa shape index (κ2) is 10.5. The maximum atomic E-state index is 13.2. The van der Waals surface area contributed by atoms with Crippen LogP contribution in [-0.2, 0) is 9.59 Å². The molecule has 1 fully saturated rings. The van der Waals surface area contributed by atoms with Gasteiger partial charge >= 0.3 is 0 Å². The van der Waals surface area contributed by atoms with Crippen LogP contribution in [0.5, 0.6) is 5.75 Å². The van der Waals surface area contributed by atoms with Gasteiger partial charge in [0.05, 0.1) is 12.2 Å². The molecule has 0 spiro atoms. The number of imide groups is 1. The summed E-state index contributed by atoms with van der Waals surface area (Å²) in [6, 6.07) is 6.85. The molecule has 0 atom stereocenters. The molecule has 5 nitrogen and oxygen atoms in total. The van der Waals surface area contributed by atoms with E-state index in [1.807, 2.05) is 6.92 Å². The van der Waals surface area contributed by atoms with Gasteiger partial charge in [-0.25, -0.2) is 0 Å². The van der Waals surface area contributed by atoms with Crippen LogP contribution in [0.4, 0.5) is 0 Å². The molecule has 3 rings (SSSR count). The van der Waals surface area contributed by atoms with Crippen LogP contribution in [0.1, 0.15) is 83.1 Å². The quantitative estimate of drug-likeness (QED) is 0.689. The SMILES string of the molecule is CCOc1ccc(C2=C(O)C(=O)N(C3CCCCCCCCCCC3)C2=O)cc1. The maximum Gasteiger partial charge on any atom is 0.296 e. The number of aliphatic hydroxyl groups excluding tert-OH is 1. The highest BCUT2D eigenvalue weighted by Crippen LogP contribution is 2.33. The van der Waals surface area contributed by atoms with Crippen molar-refractivity contribution in [1.29, 1.82) is 0 Å². The lowest BCUT2D eigenvalue weighted by atomic mass is 9.96. The monoisotopic (exact) mass is 399 g/mol. The van der Waals surface area contributed by atoms with E-state index in [-0.39, 0.29) is 17.5 Å². The Labute approximate surface area is 173 Å². The van der Waals surface area contributed by atoms with Crippen molar-refractivity contribution in [3.05, 3.63) is 35.6 Å². The molecule has 5 heteroatoms. The molecule has 2 aliphatic rings. The average Bonchev–Trinajstić information content (AvgIpc) is 2.92. The molecule has 1 aliphatic heterocycles. The summed E-state index contributed by atoms with van der Waals surface area (Å²) in [7, 11) is 0. The number of amides is 2. The van der Waals surface area contributed by atoms with Crippen LogP contribution in [0, 0.1) is 0 Å². The van der Waals surface area contributed by atoms with Gasteiger partial charge in [0.15, 0.2) is 5.76 Å². The number of nitrogens with zero attached hydrogens (tertiary/aromatic N) is 1. The van der Waals surface area contributed by atoms with Gasteiger partial charge in [-0.2, -0.15) is 0 Å². The molecule has 1 heterocycles. The summed E-state index contributed by atoms with van der Waals surface area (Å²) >= 11 is 0. The van der Waals surface area contributed by atoms with Crippen LogP contribution in [0.25, 0.3) is 5.57 Å². The van der Waals surface area contributed by atoms with Gasteiger partial charge in [-0.3, -0.25) is 14.5 Å². The Balaban J connectivity index is 1.76. The van der Waals surface area contributed by atoms with Gasteiger partial charge in [-0.15, -0.1) is 0 Å². The highest BCUT2D eigenvalue weighted by Gasteiger charge is 2.42. The molecular weight excluding hydrogens is 366 g/mol. The highest BCUT2D eigenvalue weighted by molar-refractivity contribution is 6.35. The average molecular weight is 400 g/mol. The van der Waals surface area contributed by atoms with Crippen LogP contribution in [0.15, 0.2) is 30.0 Å². The Morgan fingerprint density at radius 3 is 1.90 bits per heavy atom. The van der Waals surface area contributed by atoms with Crippen LogP contribution in [0.2, 0.25) is 0 Å². The Morgan fingerprint density at radius 1 is 0.862 bits per heavy atom. The van der Waals surface area contributed by atoms with E-state index < -0.39 is 11.7 Å². The molecule has 1 N–H and O–H groups in total. The second-order valence-electron chi connectivity index (χ2n) is 8.07. The van der Waals surface area contributed by atoms with Gasteiger partial charge in [0, 0.05) is 6.04 Å². The predicted molar refractivity (Wildman–Crippen MR) is 114 cm³/mol. The third-order valence-electron chi connectivity index (χ3n) is 5.98. The number of hydrogen-bond acceptors (Lipinski definition) is 4. The zero-order valence-corrected chi connectivity index (χ0v) is 17.5. The van der Waals surface area contributed by atoms with E-state index in [4.69, 9.17) is 4.74 Å². The van der Waals surface area contributed by atoms with E-state index in [0.717, 1.165) is 38.5 Å². The summed E-state index contributed by atoms with van der Waals surface area (Å²) in [6.45, 7) is 2.46. The number of benzene rings is 1. The maximum absolute atomic E-state index is 13.2. The van der Waals surface area contributed by atoms with Gasteiger partial charge in [-0.1, -0.05) is 69.9 Å². The molecule has 158 valence electrons. The summed E-state index contributed by atoms with van der Waals surface area (Å²) in [6.07, 6.45) is 12.2. The normalized spacial score (nSPS) is 20.5. The first-order chi connectivity index (χ1) is 14.1. The topological polar surface area (TPSA) is 66.8 Å². The highest BCUT2D eigenvalue weighted by atomic mass is 16.5. The minimum Gasteiger partial charge on any atom is -0.502 e. The summed E-state index contributed by atoms with van der Waals surface area (Å²) in [5.41, 5.74) is 0.670. The number of carbonyl (C=O) groups excluding carboxylic acids is 2. The third kappa shape index (κ3) is 5.20. The summed E-state index contributed by atoms with van der Waals surface area (Å²) in [5.74, 6) is -0.640. The Bertz CT molecular complexity index is 726. The molecule has 0 radical (unpaired) electrons. The Kier molecular flexibility index (Phi) is 7.73. The van der Waals surface area contributed by atoms with Crippen molar-refractivity contribution in [2.75, 3.05) is 6.61 Å². The van der Waals surface area contributed by atoms with Crippen LogP contribution < -0.4 is 4.74 Å². The number of aliphatic hydroxyl groups is 1. The van der Waals surface area contributed by atoms with Gasteiger partial charge in [0.2, 0.25) is 0 Å². The molecule has 1 saturated carbocycles. The minimum absolute atomic E-state index is 0.115. The molecule has 0 aromatic heterocycles. The first-order valence-corrected chi connectivity index (χ1v) is 11.2. The number of carbonyl (C=O) groups is 2. The van der Waals surface area contributed by atoms with Crippen LogP contribution >= 0.6 is 0 Å². The molecule has 1 aromatic rings. The van der Waals surface area contributed by atoms with E-state index >= 15 is 0 Å². The van der Waals surface area contributed by atoms with Crippen molar-refractivity contribution in [3.8, 4) is 5.75 Å². The van der Waals surface area contributed by atoms with Crippen molar-refractivity contribution >= 4 is 17.4 Å². The van der Waals surface area contributed by atoms with Crippen molar-refractivity contribution in [3.63, 3.8) is 0 Å². The van der Waals surface area contributed by atoms with E-state index in [0.29, 0.717) is 17.9 Å². The van der Waals surface area contributed by atoms with Crippen LogP contribution in [-0.4, -0.2) is 34.5 Å². The first kappa shape index (κ1) is 21.4. The van der Waals surface area contributed by atoms with E-state index in [9.17, 15) is 14.7 Å². The molecule has 2 amide bonds. The van der Waals surface area contributed by atoms with Gasteiger partial charge < -0.3 is 9.84 Å². The molecule has 0 bridgehead atoms. The third-order valence-corrected chi connectivity index (χ3v) is 5.98. The zero-order valence-electron chi connectivity index (χ0n) is 17.5. The van der Waals surface area contributed by atoms with E-state index in [2.05, 4.69) is 0 Å². The lowest BCUT2D eigenvalue weighted by molar-refractivity contribution is -0.141. The second-order valence-corrected chi connectivity index (χ2v) is 8.07. The van der Waals surface area contributed by atoms with E-state index in [1.165, 1.54) is 37.0 Å². The number of ether oxygens (including phenoxy) is 1. The van der Waals surface area contributed by atoms with Gasteiger partial charge in [0.1, 0.15) is 5.75 Å². The summed E-state index contributed by atoms with van der Waals surface area (Å²) in [4.78, 5) is 27.3. The van der Waals surface area contributed by atoms with Crippen molar-refractivity contribution in [2.45, 2.75) is 83.6 Å². The van der Waals surface area contributed by atoms with Crippen LogP contribution in [0.3, 0.4) is 0 Å². The van der Waals surface area contributed by atoms with Crippen molar-refractivity contribution in [2.24, 2.45) is 0 Å². The molecular formula is C24H33NO4. The zero-order chi connectivity index (χ0) is 20.6. The summed E-state index contributed by atoms with van der Waals surface area (Å²) in [5, 5.41) is 10.5. The molecule has 0 saturated heterocycles.